The number of halogens is 1. The van der Waals surface area contributed by atoms with Crippen LogP contribution in [0.4, 0.5) is 0 Å². The molecule has 0 spiro atoms. The fraction of sp³-hybridized carbons (Fsp3) is 0.125. The second-order valence-electron chi connectivity index (χ2n) is 5.08. The Morgan fingerprint density at radius 3 is 2.58 bits per heavy atom. The fourth-order valence-electron chi connectivity index (χ4n) is 2.17. The third-order valence-electron chi connectivity index (χ3n) is 3.38. The first-order valence-electron chi connectivity index (χ1n) is 7.10. The lowest BCUT2D eigenvalue weighted by Gasteiger charge is -2.07. The van der Waals surface area contributed by atoms with E-state index in [1.165, 1.54) is 0 Å². The Kier molecular flexibility index (Phi) is 4.66. The van der Waals surface area contributed by atoms with Crippen molar-refractivity contribution in [3.63, 3.8) is 0 Å². The van der Waals surface area contributed by atoms with Gasteiger partial charge in [0, 0.05) is 5.56 Å². The van der Waals surface area contributed by atoms with E-state index in [0.29, 0.717) is 22.0 Å². The highest BCUT2D eigenvalue weighted by atomic mass is 35.5. The normalized spacial score (nSPS) is 11.6. The minimum atomic E-state index is -3.66. The molecular weight excluding hydrogens is 350 g/mol. The number of aryl methyl sites for hydroxylation is 1. The van der Waals surface area contributed by atoms with Gasteiger partial charge in [-0.2, -0.15) is 4.98 Å². The predicted molar refractivity (Wildman–Crippen MR) is 89.9 cm³/mol. The molecule has 0 saturated carbocycles. The summed E-state index contributed by atoms with van der Waals surface area (Å²) >= 11 is 6.08. The smallest absolute Gasteiger partial charge is 0.242 e. The van der Waals surface area contributed by atoms with Crippen molar-refractivity contribution >= 4 is 21.6 Å². The van der Waals surface area contributed by atoms with Crippen LogP contribution in [-0.4, -0.2) is 18.6 Å². The third-order valence-corrected chi connectivity index (χ3v) is 5.27. The molecule has 1 N–H and O–H groups in total. The molecule has 0 fully saturated rings. The zero-order chi connectivity index (χ0) is 17.2. The van der Waals surface area contributed by atoms with Gasteiger partial charge in [0.15, 0.2) is 0 Å². The largest absolute Gasteiger partial charge is 0.338 e. The quantitative estimate of drug-likeness (QED) is 0.752. The topological polar surface area (TPSA) is 85.1 Å². The van der Waals surface area contributed by atoms with Gasteiger partial charge < -0.3 is 4.52 Å². The highest BCUT2D eigenvalue weighted by Gasteiger charge is 2.18. The average Bonchev–Trinajstić information content (AvgIpc) is 3.02. The molecule has 0 unspecified atom stereocenters. The standard InChI is InChI=1S/C16H14ClN3O3S/c1-11-6-2-5-9-14(11)24(21,22)18-10-15-19-16(20-23-15)12-7-3-4-8-13(12)17/h2-9,18H,10H2,1H3. The molecule has 0 saturated heterocycles. The Morgan fingerprint density at radius 2 is 1.83 bits per heavy atom. The molecule has 0 atom stereocenters. The van der Waals surface area contributed by atoms with Crippen LogP contribution in [0.1, 0.15) is 11.5 Å². The number of aromatic nitrogens is 2. The average molecular weight is 364 g/mol. The van der Waals surface area contributed by atoms with E-state index >= 15 is 0 Å². The van der Waals surface area contributed by atoms with Crippen LogP contribution >= 0.6 is 11.6 Å². The molecule has 3 aromatic rings. The van der Waals surface area contributed by atoms with E-state index in [2.05, 4.69) is 14.9 Å². The monoisotopic (exact) mass is 363 g/mol. The van der Waals surface area contributed by atoms with Crippen LogP contribution in [0.3, 0.4) is 0 Å². The summed E-state index contributed by atoms with van der Waals surface area (Å²) < 4.78 is 32.2. The minimum absolute atomic E-state index is 0.103. The second-order valence-corrected chi connectivity index (χ2v) is 7.22. The van der Waals surface area contributed by atoms with E-state index in [9.17, 15) is 8.42 Å². The van der Waals surface area contributed by atoms with Crippen molar-refractivity contribution in [2.45, 2.75) is 18.4 Å². The first-order valence-corrected chi connectivity index (χ1v) is 8.96. The Hall–Kier alpha value is -2.22. The van der Waals surface area contributed by atoms with Crippen molar-refractivity contribution < 1.29 is 12.9 Å². The Bertz CT molecular complexity index is 970. The summed E-state index contributed by atoms with van der Waals surface area (Å²) in [6.07, 6.45) is 0. The first kappa shape index (κ1) is 16.6. The maximum Gasteiger partial charge on any atom is 0.242 e. The van der Waals surface area contributed by atoms with Crippen molar-refractivity contribution in [2.75, 3.05) is 0 Å². The van der Waals surface area contributed by atoms with Crippen molar-refractivity contribution in [1.82, 2.24) is 14.9 Å². The van der Waals surface area contributed by atoms with Crippen LogP contribution in [0.15, 0.2) is 57.9 Å². The Morgan fingerprint density at radius 1 is 1.12 bits per heavy atom. The van der Waals surface area contributed by atoms with Gasteiger partial charge in [0.05, 0.1) is 16.5 Å². The number of hydrogen-bond acceptors (Lipinski definition) is 5. The molecule has 124 valence electrons. The van der Waals surface area contributed by atoms with Gasteiger partial charge in [0.1, 0.15) is 0 Å². The van der Waals surface area contributed by atoms with Gasteiger partial charge in [-0.15, -0.1) is 0 Å². The van der Waals surface area contributed by atoms with Gasteiger partial charge in [-0.3, -0.25) is 0 Å². The fourth-order valence-corrected chi connectivity index (χ4v) is 3.61. The van der Waals surface area contributed by atoms with Gasteiger partial charge in [-0.25, -0.2) is 13.1 Å². The zero-order valence-electron chi connectivity index (χ0n) is 12.7. The van der Waals surface area contributed by atoms with Crippen LogP contribution in [0.5, 0.6) is 0 Å². The Labute approximate surface area is 144 Å². The molecule has 0 amide bonds. The lowest BCUT2D eigenvalue weighted by Crippen LogP contribution is -2.24. The van der Waals surface area contributed by atoms with Crippen molar-refractivity contribution in [1.29, 1.82) is 0 Å². The molecule has 0 bridgehead atoms. The predicted octanol–water partition coefficient (Wildman–Crippen LogP) is 3.18. The summed E-state index contributed by atoms with van der Waals surface area (Å²) in [6, 6.07) is 13.8. The number of nitrogens with one attached hydrogen (secondary N) is 1. The lowest BCUT2D eigenvalue weighted by molar-refractivity contribution is 0.376. The summed E-state index contributed by atoms with van der Waals surface area (Å²) in [5, 5.41) is 4.32. The van der Waals surface area contributed by atoms with E-state index in [4.69, 9.17) is 16.1 Å². The highest BCUT2D eigenvalue weighted by molar-refractivity contribution is 7.89. The number of benzene rings is 2. The molecule has 24 heavy (non-hydrogen) atoms. The second kappa shape index (κ2) is 6.72. The van der Waals surface area contributed by atoms with Gasteiger partial charge in [0.2, 0.25) is 21.7 Å². The number of rotatable bonds is 5. The van der Waals surface area contributed by atoms with Crippen molar-refractivity contribution in [2.24, 2.45) is 0 Å². The van der Waals surface area contributed by atoms with Crippen molar-refractivity contribution in [3.05, 3.63) is 65.0 Å². The number of nitrogens with zero attached hydrogens (tertiary/aromatic N) is 2. The highest BCUT2D eigenvalue weighted by Crippen LogP contribution is 2.24. The summed E-state index contributed by atoms with van der Waals surface area (Å²) in [7, 11) is -3.66. The summed E-state index contributed by atoms with van der Waals surface area (Å²) in [4.78, 5) is 4.39. The zero-order valence-corrected chi connectivity index (χ0v) is 14.3. The van der Waals surface area contributed by atoms with Crippen LogP contribution < -0.4 is 4.72 Å². The van der Waals surface area contributed by atoms with Crippen LogP contribution in [-0.2, 0) is 16.6 Å². The molecule has 0 aliphatic rings. The van der Waals surface area contributed by atoms with Gasteiger partial charge >= 0.3 is 0 Å². The lowest BCUT2D eigenvalue weighted by atomic mass is 10.2. The maximum absolute atomic E-state index is 12.3. The first-order chi connectivity index (χ1) is 11.5. The van der Waals surface area contributed by atoms with E-state index in [-0.39, 0.29) is 17.3 Å². The van der Waals surface area contributed by atoms with Gasteiger partial charge in [0.25, 0.3) is 0 Å². The third kappa shape index (κ3) is 3.48. The van der Waals surface area contributed by atoms with E-state index in [1.807, 2.05) is 0 Å². The molecule has 8 heteroatoms. The molecule has 0 aliphatic heterocycles. The van der Waals surface area contributed by atoms with Crippen molar-refractivity contribution in [3.8, 4) is 11.4 Å². The summed E-state index contributed by atoms with van der Waals surface area (Å²) in [5.41, 5.74) is 1.28. The molecule has 0 aliphatic carbocycles. The minimum Gasteiger partial charge on any atom is -0.338 e. The summed E-state index contributed by atoms with van der Waals surface area (Å²) in [5.74, 6) is 0.466. The molecule has 6 nitrogen and oxygen atoms in total. The molecule has 2 aromatic carbocycles. The molecule has 1 heterocycles. The SMILES string of the molecule is Cc1ccccc1S(=O)(=O)NCc1nc(-c2ccccc2Cl)no1. The maximum atomic E-state index is 12.3. The van der Waals surface area contributed by atoms with Gasteiger partial charge in [-0.1, -0.05) is 47.1 Å². The van der Waals surface area contributed by atoms with Crippen LogP contribution in [0.25, 0.3) is 11.4 Å². The van der Waals surface area contributed by atoms with E-state index in [1.54, 1.807) is 55.5 Å². The van der Waals surface area contributed by atoms with E-state index in [0.717, 1.165) is 0 Å². The van der Waals surface area contributed by atoms with E-state index < -0.39 is 10.0 Å². The van der Waals surface area contributed by atoms with Gasteiger partial charge in [-0.05, 0) is 30.7 Å². The van der Waals surface area contributed by atoms with Crippen LogP contribution in [0.2, 0.25) is 5.02 Å². The van der Waals surface area contributed by atoms with Crippen LogP contribution in [0, 0.1) is 6.92 Å². The molecule has 1 aromatic heterocycles. The summed E-state index contributed by atoms with van der Waals surface area (Å²) in [6.45, 7) is 1.63. The molecule has 0 radical (unpaired) electrons. The molecule has 3 rings (SSSR count). The Balaban J connectivity index is 1.77. The molecular formula is C16H14ClN3O3S. The number of sulfonamides is 1. The number of hydrogen-bond donors (Lipinski definition) is 1.